The van der Waals surface area contributed by atoms with E-state index in [2.05, 4.69) is 9.97 Å². The van der Waals surface area contributed by atoms with E-state index in [9.17, 15) is 29.1 Å². The highest BCUT2D eigenvalue weighted by Crippen LogP contribution is 2.53. The fourth-order valence-corrected chi connectivity index (χ4v) is 7.37. The van der Waals surface area contributed by atoms with Crippen molar-refractivity contribution >= 4 is 37.7 Å². The van der Waals surface area contributed by atoms with Crippen LogP contribution in [0, 0.1) is 0 Å². The summed E-state index contributed by atoms with van der Waals surface area (Å²) in [5.74, 6) is 0. The molecule has 3 aliphatic rings. The fraction of sp³-hybridized carbons (Fsp3) is 0.417. The maximum absolute atomic E-state index is 13.2. The molecule has 3 saturated heterocycles. The molecule has 18 heteroatoms. The highest BCUT2D eigenvalue weighted by molar-refractivity contribution is 7.47. The Morgan fingerprint density at radius 1 is 0.690 bits per heavy atom. The number of phosphoric ester groups is 2. The second kappa shape index (κ2) is 10.6. The average Bonchev–Trinajstić information content (AvgIpc) is 3.72. The maximum Gasteiger partial charge on any atom is 0.472 e. The fourth-order valence-electron chi connectivity index (χ4n) is 5.47. The van der Waals surface area contributed by atoms with E-state index in [1.807, 2.05) is 0 Å². The number of benzene rings is 2. The molecule has 7 rings (SSSR count). The van der Waals surface area contributed by atoms with Crippen LogP contribution in [0.2, 0.25) is 0 Å². The number of phosphoric acid groups is 2. The first kappa shape index (κ1) is 28.2. The van der Waals surface area contributed by atoms with E-state index in [0.29, 0.717) is 22.1 Å². The van der Waals surface area contributed by atoms with Crippen molar-refractivity contribution < 1.29 is 56.7 Å². The summed E-state index contributed by atoms with van der Waals surface area (Å²) < 4.78 is 62.2. The monoisotopic (exact) mass is 624 g/mol. The molecule has 4 N–H and O–H groups in total. The van der Waals surface area contributed by atoms with E-state index in [-0.39, 0.29) is 0 Å². The number of rotatable bonds is 2. The summed E-state index contributed by atoms with van der Waals surface area (Å²) in [4.78, 5) is 29.8. The van der Waals surface area contributed by atoms with Gasteiger partial charge in [-0.3, -0.25) is 18.1 Å². The van der Waals surface area contributed by atoms with Crippen molar-refractivity contribution in [2.75, 3.05) is 13.2 Å². The zero-order valence-electron chi connectivity index (χ0n) is 21.5. The Labute approximate surface area is 237 Å². The topological polar surface area (TPSA) is 206 Å². The molecule has 0 amide bonds. The Balaban J connectivity index is 1.20. The summed E-state index contributed by atoms with van der Waals surface area (Å²) in [5.41, 5.74) is 2.36. The Hall–Kier alpha value is -2.56. The summed E-state index contributed by atoms with van der Waals surface area (Å²) in [6, 6.07) is 14.0. The minimum atomic E-state index is -4.94. The van der Waals surface area contributed by atoms with Gasteiger partial charge in [0.2, 0.25) is 0 Å². The molecule has 42 heavy (non-hydrogen) atoms. The van der Waals surface area contributed by atoms with Crippen LogP contribution in [0.15, 0.2) is 61.2 Å². The molecular weight excluding hydrogens is 598 g/mol. The van der Waals surface area contributed by atoms with Crippen LogP contribution in [0.4, 0.5) is 0 Å². The molecule has 0 aliphatic carbocycles. The molecule has 2 aromatic heterocycles. The molecule has 0 radical (unpaired) electrons. The zero-order chi connectivity index (χ0) is 29.2. The van der Waals surface area contributed by atoms with Gasteiger partial charge in [-0.15, -0.1) is 0 Å². The Kier molecular flexibility index (Phi) is 7.09. The highest BCUT2D eigenvalue weighted by atomic mass is 31.2. The first-order valence-corrected chi connectivity index (χ1v) is 15.9. The van der Waals surface area contributed by atoms with Crippen molar-refractivity contribution in [2.24, 2.45) is 0 Å². The van der Waals surface area contributed by atoms with Gasteiger partial charge in [0.1, 0.15) is 36.6 Å². The molecule has 224 valence electrons. The zero-order valence-corrected chi connectivity index (χ0v) is 23.3. The molecule has 4 aromatic rings. The number of aliphatic hydroxyl groups is 2. The number of para-hydroxylation sites is 4. The lowest BCUT2D eigenvalue weighted by molar-refractivity contribution is -0.0670. The highest BCUT2D eigenvalue weighted by Gasteiger charge is 2.53. The molecule has 0 spiro atoms. The van der Waals surface area contributed by atoms with Gasteiger partial charge in [-0.2, -0.15) is 0 Å². The van der Waals surface area contributed by atoms with Crippen LogP contribution in [-0.4, -0.2) is 88.9 Å². The molecule has 6 unspecified atom stereocenters. The van der Waals surface area contributed by atoms with Gasteiger partial charge in [-0.1, -0.05) is 24.3 Å². The van der Waals surface area contributed by atoms with Gasteiger partial charge in [0.25, 0.3) is 0 Å². The number of nitrogens with zero attached hydrogens (tertiary/aromatic N) is 4. The van der Waals surface area contributed by atoms with Crippen molar-refractivity contribution in [3.05, 3.63) is 61.2 Å². The van der Waals surface area contributed by atoms with Crippen molar-refractivity contribution in [3.63, 3.8) is 0 Å². The van der Waals surface area contributed by atoms with Gasteiger partial charge >= 0.3 is 15.6 Å². The van der Waals surface area contributed by atoms with Crippen molar-refractivity contribution in [3.8, 4) is 0 Å². The lowest BCUT2D eigenvalue weighted by Gasteiger charge is -2.26. The van der Waals surface area contributed by atoms with Crippen molar-refractivity contribution in [2.45, 2.75) is 49.1 Å². The normalized spacial score (nSPS) is 39.5. The molecule has 5 heterocycles. The Morgan fingerprint density at radius 3 is 1.81 bits per heavy atom. The largest absolute Gasteiger partial charge is 0.472 e. The quantitative estimate of drug-likeness (QED) is 0.234. The van der Waals surface area contributed by atoms with Gasteiger partial charge in [-0.25, -0.2) is 19.1 Å². The van der Waals surface area contributed by atoms with E-state index in [1.165, 1.54) is 21.8 Å². The van der Waals surface area contributed by atoms with Gasteiger partial charge in [0, 0.05) is 0 Å². The van der Waals surface area contributed by atoms with E-state index in [0.717, 1.165) is 0 Å². The third kappa shape index (κ3) is 5.03. The SMILES string of the molecule is O=P1(O)OC[C@H]2O[C@@H](n3cnc4ccccc43)C(O)C2OP(=O)(O)OC[C@H]2O[C@@H](n3cnc4ccccc43)C(O1)C2O. The minimum absolute atomic E-state index is 0.574. The van der Waals surface area contributed by atoms with Crippen LogP contribution in [0.3, 0.4) is 0 Å². The number of fused-ring (bicyclic) bond motifs is 5. The molecule has 10 atom stereocenters. The van der Waals surface area contributed by atoms with Crippen molar-refractivity contribution in [1.29, 1.82) is 0 Å². The van der Waals surface area contributed by atoms with Crippen molar-refractivity contribution in [1.82, 2.24) is 19.1 Å². The molecule has 3 fully saturated rings. The van der Waals surface area contributed by atoms with E-state index < -0.39 is 77.9 Å². The summed E-state index contributed by atoms with van der Waals surface area (Å²) in [6.07, 6.45) is -8.32. The molecular formula is C24H26N4O12P2. The third-order valence-corrected chi connectivity index (χ3v) is 9.42. The lowest BCUT2D eigenvalue weighted by atomic mass is 10.1. The first-order chi connectivity index (χ1) is 20.1. The number of ether oxygens (including phenoxy) is 2. The smallest absolute Gasteiger partial charge is 0.387 e. The number of aliphatic hydroxyl groups excluding tert-OH is 2. The van der Waals surface area contributed by atoms with Gasteiger partial charge in [-0.05, 0) is 24.3 Å². The van der Waals surface area contributed by atoms with Gasteiger partial charge in [0.15, 0.2) is 12.5 Å². The van der Waals surface area contributed by atoms with Crippen LogP contribution < -0.4 is 0 Å². The molecule has 16 nitrogen and oxygen atoms in total. The number of hydrogen-bond acceptors (Lipinski definition) is 12. The van der Waals surface area contributed by atoms with Crippen LogP contribution in [-0.2, 0) is 36.7 Å². The standard InChI is InChI=1S/C24H26N4O12P2/c29-19-17-9-35-41(31,32)39-21-18(38-23(20(21)30)27-11-25-13-5-1-3-7-15(13)27)10-36-42(33,34)40-22(19)24(37-17)28-12-26-14-6-2-4-8-16(14)28/h1-8,11-12,17-24,29-30H,9-10H2,(H,31,32)(H,33,34)/t17-,18-,19?,20?,21?,22?,23-,24-/m1/s1. The second-order valence-electron chi connectivity index (χ2n) is 10.1. The Morgan fingerprint density at radius 2 is 1.19 bits per heavy atom. The predicted octanol–water partition coefficient (Wildman–Crippen LogP) is 1.62. The number of imidazole rings is 2. The lowest BCUT2D eigenvalue weighted by Crippen LogP contribution is -2.36. The van der Waals surface area contributed by atoms with Crippen LogP contribution in [0.1, 0.15) is 12.5 Å². The first-order valence-electron chi connectivity index (χ1n) is 12.9. The third-order valence-electron chi connectivity index (χ3n) is 7.45. The predicted molar refractivity (Wildman–Crippen MR) is 141 cm³/mol. The summed E-state index contributed by atoms with van der Waals surface area (Å²) in [7, 11) is -9.86. The van der Waals surface area contributed by atoms with E-state index in [4.69, 9.17) is 27.6 Å². The van der Waals surface area contributed by atoms with Crippen LogP contribution >= 0.6 is 15.6 Å². The molecule has 2 bridgehead atoms. The Bertz CT molecular complexity index is 1710. The van der Waals surface area contributed by atoms with Crippen LogP contribution in [0.5, 0.6) is 0 Å². The summed E-state index contributed by atoms with van der Waals surface area (Å²) >= 11 is 0. The average molecular weight is 624 g/mol. The maximum atomic E-state index is 13.2. The summed E-state index contributed by atoms with van der Waals surface area (Å²) in [6.45, 7) is -1.37. The molecule has 0 saturated carbocycles. The van der Waals surface area contributed by atoms with Gasteiger partial charge in [0.05, 0.1) is 47.9 Å². The minimum Gasteiger partial charge on any atom is -0.387 e. The van der Waals surface area contributed by atoms with Gasteiger partial charge < -0.3 is 38.6 Å². The van der Waals surface area contributed by atoms with E-state index in [1.54, 1.807) is 48.5 Å². The summed E-state index contributed by atoms with van der Waals surface area (Å²) in [5, 5.41) is 22.1. The second-order valence-corrected chi connectivity index (χ2v) is 12.9. The number of hydrogen-bond donors (Lipinski definition) is 4. The molecule has 3 aliphatic heterocycles. The molecule has 2 aromatic carbocycles. The van der Waals surface area contributed by atoms with E-state index >= 15 is 0 Å². The number of aromatic nitrogens is 4. The van der Waals surface area contributed by atoms with Crippen LogP contribution in [0.25, 0.3) is 22.1 Å².